The monoisotopic (exact) mass is 290 g/mol. The molecule has 0 saturated heterocycles. The van der Waals surface area contributed by atoms with Gasteiger partial charge in [0.15, 0.2) is 5.82 Å². The van der Waals surface area contributed by atoms with E-state index in [1.807, 2.05) is 19.9 Å². The number of hydrogen-bond acceptors (Lipinski definition) is 3. The van der Waals surface area contributed by atoms with Gasteiger partial charge < -0.3 is 10.6 Å². The van der Waals surface area contributed by atoms with Gasteiger partial charge in [0.25, 0.3) is 0 Å². The number of amides is 1. The van der Waals surface area contributed by atoms with Gasteiger partial charge in [0.2, 0.25) is 5.91 Å². The molecule has 1 heterocycles. The third-order valence-electron chi connectivity index (χ3n) is 3.07. The molecule has 2 N–H and O–H groups in total. The number of benzene rings is 1. The van der Waals surface area contributed by atoms with Gasteiger partial charge >= 0.3 is 0 Å². The molecule has 0 fully saturated rings. The van der Waals surface area contributed by atoms with Crippen molar-refractivity contribution < 1.29 is 9.18 Å². The molecule has 0 atom stereocenters. The number of rotatable bonds is 5. The van der Waals surface area contributed by atoms with Crippen LogP contribution in [0.2, 0.25) is 0 Å². The van der Waals surface area contributed by atoms with Crippen molar-refractivity contribution in [2.45, 2.75) is 20.3 Å². The molecular formula is C15H19FN4O. The molecule has 0 bridgehead atoms. The third kappa shape index (κ3) is 3.66. The Hall–Kier alpha value is -2.21. The number of nitrogens with zero attached hydrogens (tertiary/aromatic N) is 2. The first-order valence-corrected chi connectivity index (χ1v) is 6.79. The summed E-state index contributed by atoms with van der Waals surface area (Å²) in [6, 6.07) is 6.48. The number of halogens is 1. The minimum atomic E-state index is -0.424. The normalized spacial score (nSPS) is 10.7. The summed E-state index contributed by atoms with van der Waals surface area (Å²) in [5.41, 5.74) is 2.50. The van der Waals surface area contributed by atoms with Crippen molar-refractivity contribution in [1.82, 2.24) is 15.1 Å². The first kappa shape index (κ1) is 15.2. The second-order valence-corrected chi connectivity index (χ2v) is 4.91. The fourth-order valence-corrected chi connectivity index (χ4v) is 2.09. The molecule has 0 radical (unpaired) electrons. The van der Waals surface area contributed by atoms with Gasteiger partial charge in [-0.05, 0) is 45.2 Å². The highest BCUT2D eigenvalue weighted by Gasteiger charge is 2.11. The summed E-state index contributed by atoms with van der Waals surface area (Å²) < 4.78 is 15.8. The lowest BCUT2D eigenvalue weighted by Crippen LogP contribution is -2.18. The maximum Gasteiger partial charge on any atom is 0.225 e. The highest BCUT2D eigenvalue weighted by atomic mass is 19.1. The number of carbonyl (C=O) groups excluding carboxylic acids is 1. The maximum absolute atomic E-state index is 14.2. The highest BCUT2D eigenvalue weighted by Crippen LogP contribution is 2.20. The molecule has 0 aliphatic rings. The van der Waals surface area contributed by atoms with Crippen molar-refractivity contribution in [3.05, 3.63) is 41.5 Å². The minimum Gasteiger partial charge on any atom is -0.326 e. The van der Waals surface area contributed by atoms with E-state index in [4.69, 9.17) is 0 Å². The molecule has 1 aromatic heterocycles. The van der Waals surface area contributed by atoms with E-state index >= 15 is 0 Å². The standard InChI is InChI=1S/C15H19FN4O/c1-10-8-11(2)20(19-10)14-5-4-12(9-13(14)16)18-15(21)6-7-17-3/h4-5,8-9,17H,6-7H2,1-3H3,(H,18,21). The molecule has 0 aliphatic heterocycles. The quantitative estimate of drug-likeness (QED) is 0.887. The summed E-state index contributed by atoms with van der Waals surface area (Å²) >= 11 is 0. The van der Waals surface area contributed by atoms with Gasteiger partial charge in [-0.15, -0.1) is 0 Å². The van der Waals surface area contributed by atoms with Gasteiger partial charge in [-0.1, -0.05) is 0 Å². The molecule has 5 nitrogen and oxygen atoms in total. The Morgan fingerprint density at radius 2 is 2.10 bits per heavy atom. The van der Waals surface area contributed by atoms with Crippen molar-refractivity contribution in [1.29, 1.82) is 0 Å². The second kappa shape index (κ2) is 6.49. The topological polar surface area (TPSA) is 59.0 Å². The van der Waals surface area contributed by atoms with Crippen molar-refractivity contribution >= 4 is 11.6 Å². The van der Waals surface area contributed by atoms with E-state index in [1.165, 1.54) is 6.07 Å². The van der Waals surface area contributed by atoms with Crippen LogP contribution < -0.4 is 10.6 Å². The van der Waals surface area contributed by atoms with Crippen LogP contribution >= 0.6 is 0 Å². The van der Waals surface area contributed by atoms with E-state index in [1.54, 1.807) is 23.9 Å². The molecule has 0 spiro atoms. The summed E-state index contributed by atoms with van der Waals surface area (Å²) in [6.45, 7) is 4.31. The van der Waals surface area contributed by atoms with Gasteiger partial charge in [0, 0.05) is 24.3 Å². The summed E-state index contributed by atoms with van der Waals surface area (Å²) in [5.74, 6) is -0.574. The summed E-state index contributed by atoms with van der Waals surface area (Å²) in [7, 11) is 1.77. The molecule has 112 valence electrons. The maximum atomic E-state index is 14.2. The fraction of sp³-hybridized carbons (Fsp3) is 0.333. The van der Waals surface area contributed by atoms with E-state index in [0.29, 0.717) is 24.3 Å². The minimum absolute atomic E-state index is 0.150. The number of aryl methyl sites for hydroxylation is 2. The molecule has 0 unspecified atom stereocenters. The number of hydrogen-bond donors (Lipinski definition) is 2. The van der Waals surface area contributed by atoms with E-state index < -0.39 is 5.82 Å². The average Bonchev–Trinajstić information content (AvgIpc) is 2.75. The van der Waals surface area contributed by atoms with Gasteiger partial charge in [-0.3, -0.25) is 4.79 Å². The van der Waals surface area contributed by atoms with Gasteiger partial charge in [-0.25, -0.2) is 9.07 Å². The number of nitrogens with one attached hydrogen (secondary N) is 2. The lowest BCUT2D eigenvalue weighted by Gasteiger charge is -2.09. The largest absolute Gasteiger partial charge is 0.326 e. The first-order chi connectivity index (χ1) is 10.0. The molecular weight excluding hydrogens is 271 g/mol. The number of anilines is 1. The van der Waals surface area contributed by atoms with Crippen LogP contribution in [-0.2, 0) is 4.79 Å². The van der Waals surface area contributed by atoms with Crippen LogP contribution in [0.5, 0.6) is 0 Å². The Morgan fingerprint density at radius 3 is 2.67 bits per heavy atom. The predicted molar refractivity (Wildman–Crippen MR) is 80.2 cm³/mol. The van der Waals surface area contributed by atoms with E-state index in [9.17, 15) is 9.18 Å². The van der Waals surface area contributed by atoms with Crippen LogP contribution in [0, 0.1) is 19.7 Å². The van der Waals surface area contributed by atoms with Gasteiger partial charge in [0.05, 0.1) is 5.69 Å². The Kier molecular flexibility index (Phi) is 4.70. The van der Waals surface area contributed by atoms with E-state index in [2.05, 4.69) is 15.7 Å². The summed E-state index contributed by atoms with van der Waals surface area (Å²) in [4.78, 5) is 11.6. The van der Waals surface area contributed by atoms with Gasteiger partial charge in [-0.2, -0.15) is 5.10 Å². The van der Waals surface area contributed by atoms with Crippen LogP contribution in [-0.4, -0.2) is 29.3 Å². The molecule has 21 heavy (non-hydrogen) atoms. The summed E-state index contributed by atoms with van der Waals surface area (Å²) in [5, 5.41) is 9.81. The van der Waals surface area contributed by atoms with Crippen molar-refractivity contribution in [3.63, 3.8) is 0 Å². The number of carbonyl (C=O) groups is 1. The number of aromatic nitrogens is 2. The predicted octanol–water partition coefficient (Wildman–Crippen LogP) is 2.18. The molecule has 0 saturated carbocycles. The van der Waals surface area contributed by atoms with Crippen molar-refractivity contribution in [3.8, 4) is 5.69 Å². The van der Waals surface area contributed by atoms with Crippen LogP contribution in [0.4, 0.5) is 10.1 Å². The Labute approximate surface area is 123 Å². The average molecular weight is 290 g/mol. The fourth-order valence-electron chi connectivity index (χ4n) is 2.09. The Morgan fingerprint density at radius 1 is 1.33 bits per heavy atom. The van der Waals surface area contributed by atoms with E-state index in [0.717, 1.165) is 11.4 Å². The molecule has 6 heteroatoms. The van der Waals surface area contributed by atoms with Crippen LogP contribution in [0.1, 0.15) is 17.8 Å². The first-order valence-electron chi connectivity index (χ1n) is 6.79. The molecule has 2 rings (SSSR count). The molecule has 0 aliphatic carbocycles. The SMILES string of the molecule is CNCCC(=O)Nc1ccc(-n2nc(C)cc2C)c(F)c1. The zero-order chi connectivity index (χ0) is 15.4. The smallest absolute Gasteiger partial charge is 0.225 e. The second-order valence-electron chi connectivity index (χ2n) is 4.91. The Bertz CT molecular complexity index is 651. The third-order valence-corrected chi connectivity index (χ3v) is 3.07. The van der Waals surface area contributed by atoms with E-state index in [-0.39, 0.29) is 5.91 Å². The molecule has 2 aromatic rings. The lowest BCUT2D eigenvalue weighted by atomic mass is 10.2. The highest BCUT2D eigenvalue weighted by molar-refractivity contribution is 5.90. The molecule has 1 amide bonds. The lowest BCUT2D eigenvalue weighted by molar-refractivity contribution is -0.116. The van der Waals surface area contributed by atoms with Crippen LogP contribution in [0.15, 0.2) is 24.3 Å². The summed E-state index contributed by atoms with van der Waals surface area (Å²) in [6.07, 6.45) is 0.345. The van der Waals surface area contributed by atoms with Gasteiger partial charge in [0.1, 0.15) is 5.69 Å². The van der Waals surface area contributed by atoms with Crippen molar-refractivity contribution in [2.24, 2.45) is 0 Å². The zero-order valence-electron chi connectivity index (χ0n) is 12.4. The van der Waals surface area contributed by atoms with Crippen molar-refractivity contribution in [2.75, 3.05) is 18.9 Å². The van der Waals surface area contributed by atoms with Crippen LogP contribution in [0.25, 0.3) is 5.69 Å². The zero-order valence-corrected chi connectivity index (χ0v) is 12.4. The Balaban J connectivity index is 2.18. The van der Waals surface area contributed by atoms with Crippen LogP contribution in [0.3, 0.4) is 0 Å². The molecule has 1 aromatic carbocycles.